The van der Waals surface area contributed by atoms with Crippen LogP contribution in [0.15, 0.2) is 0 Å². The maximum atomic E-state index is 12.4. The number of hydrogen-bond acceptors (Lipinski definition) is 10. The lowest BCUT2D eigenvalue weighted by Crippen LogP contribution is -2.55. The van der Waals surface area contributed by atoms with Crippen molar-refractivity contribution in [3.63, 3.8) is 0 Å². The Hall–Kier alpha value is -2.87. The zero-order valence-corrected chi connectivity index (χ0v) is 19.6. The van der Waals surface area contributed by atoms with Gasteiger partial charge >= 0.3 is 17.9 Å². The summed E-state index contributed by atoms with van der Waals surface area (Å²) in [5, 5.41) is 13.5. The molecule has 13 nitrogen and oxygen atoms in total. The second-order valence-electron chi connectivity index (χ2n) is 7.04. The predicted molar refractivity (Wildman–Crippen MR) is 118 cm³/mol. The Balaban J connectivity index is 4.73. The minimum absolute atomic E-state index is 0.115. The fourth-order valence-electron chi connectivity index (χ4n) is 2.42. The number of nitrogens with one attached hydrogen (secondary N) is 2. The molecule has 0 spiro atoms. The molecule has 7 N–H and O–H groups in total. The van der Waals surface area contributed by atoms with Gasteiger partial charge in [0.05, 0.1) is 6.04 Å². The second-order valence-corrected chi connectivity index (χ2v) is 8.12. The minimum atomic E-state index is -1.20. The van der Waals surface area contributed by atoms with Crippen LogP contribution in [0, 0.1) is 0 Å². The van der Waals surface area contributed by atoms with Crippen molar-refractivity contribution in [3.8, 4) is 0 Å². The van der Waals surface area contributed by atoms with E-state index >= 15 is 0 Å². The van der Waals surface area contributed by atoms with E-state index in [4.69, 9.17) is 26.0 Å². The quantitative estimate of drug-likeness (QED) is 0.152. The van der Waals surface area contributed by atoms with E-state index < -0.39 is 59.9 Å². The zero-order valence-electron chi connectivity index (χ0n) is 18.8. The Kier molecular flexibility index (Phi) is 14.5. The van der Waals surface area contributed by atoms with Crippen LogP contribution in [-0.2, 0) is 38.2 Å². The summed E-state index contributed by atoms with van der Waals surface area (Å²) in [5.41, 5.74) is 11.1. The third kappa shape index (κ3) is 14.0. The molecule has 0 unspecified atom stereocenters. The number of carbonyl (C=O) groups excluding carboxylic acids is 5. The van der Waals surface area contributed by atoms with Gasteiger partial charge in [-0.25, -0.2) is 0 Å². The highest BCUT2D eigenvalue weighted by molar-refractivity contribution is 7.99. The number of nitrogens with two attached hydrogens (primary N) is 2. The van der Waals surface area contributed by atoms with Gasteiger partial charge in [-0.2, -0.15) is 11.8 Å². The molecule has 0 rings (SSSR count). The molecule has 3 amide bonds. The fourth-order valence-corrected chi connectivity index (χ4v) is 3.39. The van der Waals surface area contributed by atoms with Crippen molar-refractivity contribution < 1.29 is 43.3 Å². The Bertz CT molecular complexity index is 719. The summed E-state index contributed by atoms with van der Waals surface area (Å²) >= 11 is 1.19. The van der Waals surface area contributed by atoms with E-state index in [-0.39, 0.29) is 37.4 Å². The molecule has 0 fully saturated rings. The van der Waals surface area contributed by atoms with E-state index in [0.717, 1.165) is 0 Å². The van der Waals surface area contributed by atoms with E-state index in [1.165, 1.54) is 25.6 Å². The van der Waals surface area contributed by atoms with E-state index in [0.29, 0.717) is 0 Å². The molecule has 0 aromatic carbocycles. The van der Waals surface area contributed by atoms with Crippen molar-refractivity contribution >= 4 is 47.4 Å². The average molecular weight is 493 g/mol. The number of thioether (sulfide) groups is 1. The maximum absolute atomic E-state index is 12.4. The minimum Gasteiger partial charge on any atom is -0.481 e. The van der Waals surface area contributed by atoms with Gasteiger partial charge in [-0.1, -0.05) is 6.92 Å². The van der Waals surface area contributed by atoms with Crippen LogP contribution >= 0.6 is 11.8 Å². The summed E-state index contributed by atoms with van der Waals surface area (Å²) in [4.78, 5) is 69.0. The topological polar surface area (TPSA) is 217 Å². The van der Waals surface area contributed by atoms with Crippen LogP contribution in [0.1, 0.15) is 40.0 Å². The molecule has 0 aliphatic carbocycles. The molecule has 0 aliphatic rings. The monoisotopic (exact) mass is 492 g/mol. The van der Waals surface area contributed by atoms with Crippen molar-refractivity contribution in [1.29, 1.82) is 0 Å². The second kappa shape index (κ2) is 15.9. The number of carbonyl (C=O) groups is 6. The molecule has 188 valence electrons. The molecule has 0 saturated heterocycles. The number of carboxylic acid groups (broad SMARTS) is 1. The predicted octanol–water partition coefficient (Wildman–Crippen LogP) is -1.73. The highest BCUT2D eigenvalue weighted by Gasteiger charge is 2.26. The van der Waals surface area contributed by atoms with Crippen LogP contribution in [-0.4, -0.2) is 83.1 Å². The SMILES string of the molecule is CC[C@H](NC(=O)[C@@H](N)CSC[C@@H](COC(C)=O)OC(C)=O)C(=O)N[C@H](CCC(=O)O)C(N)=O. The van der Waals surface area contributed by atoms with Crippen molar-refractivity contribution in [3.05, 3.63) is 0 Å². The zero-order chi connectivity index (χ0) is 25.6. The average Bonchev–Trinajstić information content (AvgIpc) is 2.71. The number of amides is 3. The molecule has 14 heteroatoms. The lowest BCUT2D eigenvalue weighted by Gasteiger charge is -2.22. The van der Waals surface area contributed by atoms with Crippen molar-refractivity contribution in [2.45, 2.75) is 64.3 Å². The van der Waals surface area contributed by atoms with Gasteiger partial charge < -0.3 is 36.7 Å². The summed E-state index contributed by atoms with van der Waals surface area (Å²) in [6.07, 6.45) is -1.09. The van der Waals surface area contributed by atoms with Crippen LogP contribution in [0.4, 0.5) is 0 Å². The summed E-state index contributed by atoms with van der Waals surface area (Å²) in [6, 6.07) is -3.22. The molecular weight excluding hydrogens is 460 g/mol. The van der Waals surface area contributed by atoms with E-state index in [1.54, 1.807) is 6.92 Å². The van der Waals surface area contributed by atoms with Crippen LogP contribution in [0.25, 0.3) is 0 Å². The molecule has 0 aliphatic heterocycles. The molecule has 0 aromatic rings. The highest BCUT2D eigenvalue weighted by Crippen LogP contribution is 2.09. The third-order valence-electron chi connectivity index (χ3n) is 4.09. The maximum Gasteiger partial charge on any atom is 0.303 e. The van der Waals surface area contributed by atoms with Gasteiger partial charge in [0.2, 0.25) is 17.7 Å². The van der Waals surface area contributed by atoms with E-state index in [2.05, 4.69) is 10.6 Å². The van der Waals surface area contributed by atoms with Crippen LogP contribution in [0.2, 0.25) is 0 Å². The lowest BCUT2D eigenvalue weighted by molar-refractivity contribution is -0.154. The summed E-state index contributed by atoms with van der Waals surface area (Å²) < 4.78 is 9.87. The number of hydrogen-bond donors (Lipinski definition) is 5. The molecular formula is C19H32N4O9S. The fraction of sp³-hybridized carbons (Fsp3) is 0.684. The van der Waals surface area contributed by atoms with Gasteiger partial charge in [-0.15, -0.1) is 0 Å². The van der Waals surface area contributed by atoms with Crippen LogP contribution in [0.5, 0.6) is 0 Å². The lowest BCUT2D eigenvalue weighted by atomic mass is 10.1. The number of rotatable bonds is 16. The van der Waals surface area contributed by atoms with Gasteiger partial charge in [0, 0.05) is 31.8 Å². The molecule has 0 radical (unpaired) electrons. The van der Waals surface area contributed by atoms with Crippen molar-refractivity contribution in [1.82, 2.24) is 10.6 Å². The first-order valence-corrected chi connectivity index (χ1v) is 11.3. The Morgan fingerprint density at radius 3 is 2.06 bits per heavy atom. The number of esters is 2. The molecule has 0 saturated carbocycles. The Labute approximate surface area is 195 Å². The summed E-state index contributed by atoms with van der Waals surface area (Å²) in [5.74, 6) is -4.12. The first-order chi connectivity index (χ1) is 15.4. The Morgan fingerprint density at radius 1 is 0.970 bits per heavy atom. The van der Waals surface area contributed by atoms with Gasteiger partial charge in [-0.3, -0.25) is 28.8 Å². The molecule has 33 heavy (non-hydrogen) atoms. The number of ether oxygens (including phenoxy) is 2. The molecule has 0 bridgehead atoms. The van der Waals surface area contributed by atoms with Crippen LogP contribution in [0.3, 0.4) is 0 Å². The molecule has 0 aromatic heterocycles. The molecule has 4 atom stereocenters. The smallest absolute Gasteiger partial charge is 0.303 e. The Morgan fingerprint density at radius 2 is 1.58 bits per heavy atom. The van der Waals surface area contributed by atoms with E-state index in [1.807, 2.05) is 0 Å². The third-order valence-corrected chi connectivity index (χ3v) is 5.29. The standard InChI is InChI=1S/C19H32N4O9S/c1-4-14(19(30)23-15(17(21)28)5-6-16(26)27)22-18(29)13(20)9-33-8-12(32-11(3)25)7-31-10(2)24/h12-15H,4-9,20H2,1-3H3,(H2,21,28)(H,22,29)(H,23,30)(H,26,27)/t12-,13+,14+,15-/m1/s1. The first kappa shape index (κ1) is 30.1. The molecule has 0 heterocycles. The van der Waals surface area contributed by atoms with Gasteiger partial charge in [-0.05, 0) is 12.8 Å². The van der Waals surface area contributed by atoms with Gasteiger partial charge in [0.1, 0.15) is 24.8 Å². The van der Waals surface area contributed by atoms with Crippen molar-refractivity contribution in [2.75, 3.05) is 18.1 Å². The number of carboxylic acids is 1. The van der Waals surface area contributed by atoms with E-state index in [9.17, 15) is 28.8 Å². The number of primary amides is 1. The summed E-state index contributed by atoms with van der Waals surface area (Å²) in [6.45, 7) is 3.92. The highest BCUT2D eigenvalue weighted by atomic mass is 32.2. The first-order valence-electron chi connectivity index (χ1n) is 10.1. The van der Waals surface area contributed by atoms with Crippen LogP contribution < -0.4 is 22.1 Å². The van der Waals surface area contributed by atoms with Crippen molar-refractivity contribution in [2.24, 2.45) is 11.5 Å². The number of aliphatic carboxylic acids is 1. The van der Waals surface area contributed by atoms with Gasteiger partial charge in [0.25, 0.3) is 0 Å². The largest absolute Gasteiger partial charge is 0.481 e. The van der Waals surface area contributed by atoms with Gasteiger partial charge in [0.15, 0.2) is 0 Å². The normalized spacial score (nSPS) is 14.2. The summed E-state index contributed by atoms with van der Waals surface area (Å²) in [7, 11) is 0.